The van der Waals surface area contributed by atoms with Crippen molar-refractivity contribution in [3.05, 3.63) is 35.6 Å². The Morgan fingerprint density at radius 3 is 2.48 bits per heavy atom. The molecule has 0 radical (unpaired) electrons. The molecule has 0 amide bonds. The first-order valence-electron chi connectivity index (χ1n) is 7.29. The van der Waals surface area contributed by atoms with Crippen LogP contribution < -0.4 is 10.6 Å². The number of carbonyl (C=O) groups excluding carboxylic acids is 1. The van der Waals surface area contributed by atoms with Gasteiger partial charge in [0.25, 0.3) is 0 Å². The van der Waals surface area contributed by atoms with Gasteiger partial charge in [0.2, 0.25) is 0 Å². The van der Waals surface area contributed by atoms with Crippen molar-refractivity contribution in [2.75, 3.05) is 13.1 Å². The van der Waals surface area contributed by atoms with Crippen molar-refractivity contribution in [1.29, 1.82) is 0 Å². The van der Waals surface area contributed by atoms with E-state index in [0.29, 0.717) is 18.1 Å². The van der Waals surface area contributed by atoms with Gasteiger partial charge in [-0.1, -0.05) is 18.2 Å². The lowest BCUT2D eigenvalue weighted by atomic mass is 10.2. The molecule has 0 fully saturated rings. The van der Waals surface area contributed by atoms with Gasteiger partial charge in [0, 0.05) is 12.1 Å². The maximum Gasteiger partial charge on any atom is 0.325 e. The molecule has 0 aliphatic heterocycles. The van der Waals surface area contributed by atoms with Crippen molar-refractivity contribution in [1.82, 2.24) is 10.6 Å². The summed E-state index contributed by atoms with van der Waals surface area (Å²) in [6.45, 7) is 8.16. The second-order valence-corrected chi connectivity index (χ2v) is 5.73. The number of halogens is 2. The van der Waals surface area contributed by atoms with Crippen LogP contribution in [0.2, 0.25) is 0 Å². The van der Waals surface area contributed by atoms with Gasteiger partial charge in [-0.3, -0.25) is 4.79 Å². The Balaban J connectivity index is 0.00000484. The summed E-state index contributed by atoms with van der Waals surface area (Å²) in [6, 6.07) is 6.46. The van der Waals surface area contributed by atoms with Crippen LogP contribution >= 0.6 is 24.0 Å². The number of hydrogen-bond donors (Lipinski definition) is 2. The number of aliphatic imine (C=N–C) groups is 1. The van der Waals surface area contributed by atoms with Crippen LogP contribution in [0.5, 0.6) is 0 Å². The number of ether oxygens (including phenoxy) is 1. The number of rotatable bonds is 5. The first-order valence-corrected chi connectivity index (χ1v) is 7.29. The van der Waals surface area contributed by atoms with Crippen LogP contribution in [0.1, 0.15) is 33.3 Å². The first-order chi connectivity index (χ1) is 10.3. The summed E-state index contributed by atoms with van der Waals surface area (Å²) in [5.41, 5.74) is -0.0292. The third-order valence-electron chi connectivity index (χ3n) is 2.53. The van der Waals surface area contributed by atoms with Gasteiger partial charge in [0.1, 0.15) is 18.0 Å². The lowest BCUT2D eigenvalue weighted by Gasteiger charge is -2.20. The van der Waals surface area contributed by atoms with E-state index in [1.165, 1.54) is 6.07 Å². The minimum atomic E-state index is -0.526. The fourth-order valence-electron chi connectivity index (χ4n) is 1.67. The average Bonchev–Trinajstić information content (AvgIpc) is 2.41. The van der Waals surface area contributed by atoms with E-state index in [1.807, 2.05) is 27.7 Å². The van der Waals surface area contributed by atoms with Gasteiger partial charge in [0.15, 0.2) is 5.96 Å². The Morgan fingerprint density at radius 2 is 1.91 bits per heavy atom. The summed E-state index contributed by atoms with van der Waals surface area (Å²) < 4.78 is 18.7. The molecule has 0 heterocycles. The highest BCUT2D eigenvalue weighted by Gasteiger charge is 2.16. The Morgan fingerprint density at radius 1 is 1.26 bits per heavy atom. The molecule has 0 bridgehead atoms. The predicted octanol–water partition coefficient (Wildman–Crippen LogP) is 2.84. The number of hydrogen-bond acceptors (Lipinski definition) is 3. The predicted molar refractivity (Wildman–Crippen MR) is 100 cm³/mol. The van der Waals surface area contributed by atoms with Crippen molar-refractivity contribution in [3.63, 3.8) is 0 Å². The molecule has 0 aromatic heterocycles. The summed E-state index contributed by atoms with van der Waals surface area (Å²) in [5, 5.41) is 5.87. The maximum absolute atomic E-state index is 13.5. The fourth-order valence-corrected chi connectivity index (χ4v) is 1.67. The summed E-state index contributed by atoms with van der Waals surface area (Å²) >= 11 is 0. The summed E-state index contributed by atoms with van der Waals surface area (Å²) in [7, 11) is 0. The molecule has 0 aliphatic rings. The van der Waals surface area contributed by atoms with E-state index in [1.54, 1.807) is 18.2 Å². The zero-order valence-corrected chi connectivity index (χ0v) is 16.3. The molecule has 0 unspecified atom stereocenters. The van der Waals surface area contributed by atoms with Crippen LogP contribution in [-0.4, -0.2) is 30.6 Å². The molecule has 1 aromatic rings. The molecule has 1 rings (SSSR count). The molecular weight excluding hydrogens is 412 g/mol. The van der Waals surface area contributed by atoms with Gasteiger partial charge in [-0.15, -0.1) is 24.0 Å². The monoisotopic (exact) mass is 437 g/mol. The molecule has 1 aromatic carbocycles. The molecule has 2 N–H and O–H groups in total. The number of nitrogens with zero attached hydrogens (tertiary/aromatic N) is 1. The van der Waals surface area contributed by atoms with Crippen molar-refractivity contribution in [3.8, 4) is 0 Å². The van der Waals surface area contributed by atoms with Crippen LogP contribution in [0.4, 0.5) is 4.39 Å². The number of guanidine groups is 1. The molecule has 0 atom stereocenters. The molecule has 7 heteroatoms. The van der Waals surface area contributed by atoms with Crippen molar-refractivity contribution >= 4 is 35.9 Å². The molecule has 130 valence electrons. The Bertz CT molecular complexity index is 530. The zero-order valence-electron chi connectivity index (χ0n) is 14.0. The van der Waals surface area contributed by atoms with E-state index in [-0.39, 0.29) is 48.9 Å². The second-order valence-electron chi connectivity index (χ2n) is 5.73. The third-order valence-corrected chi connectivity index (χ3v) is 2.53. The smallest absolute Gasteiger partial charge is 0.325 e. The SMILES string of the molecule is CCNC(=NCc1ccccc1F)NCC(=O)OC(C)(C)C.I. The molecule has 5 nitrogen and oxygen atoms in total. The second kappa shape index (κ2) is 10.4. The summed E-state index contributed by atoms with van der Waals surface area (Å²) in [4.78, 5) is 15.9. The van der Waals surface area contributed by atoms with Crippen LogP contribution in [-0.2, 0) is 16.1 Å². The van der Waals surface area contributed by atoms with Crippen molar-refractivity contribution in [2.45, 2.75) is 39.8 Å². The topological polar surface area (TPSA) is 62.7 Å². The van der Waals surface area contributed by atoms with Gasteiger partial charge in [-0.25, -0.2) is 9.38 Å². The molecule has 0 aliphatic carbocycles. The number of benzene rings is 1. The minimum absolute atomic E-state index is 0. The lowest BCUT2D eigenvalue weighted by molar-refractivity contribution is -0.153. The zero-order chi connectivity index (χ0) is 16.6. The lowest BCUT2D eigenvalue weighted by Crippen LogP contribution is -2.41. The van der Waals surface area contributed by atoms with Crippen LogP contribution in [0.25, 0.3) is 0 Å². The van der Waals surface area contributed by atoms with E-state index in [9.17, 15) is 9.18 Å². The standard InChI is InChI=1S/C16H24FN3O2.HI/c1-5-18-15(20-11-14(21)22-16(2,3)4)19-10-12-8-6-7-9-13(12)17;/h6-9H,5,10-11H2,1-4H3,(H2,18,19,20);1H. The summed E-state index contributed by atoms with van der Waals surface area (Å²) in [6.07, 6.45) is 0. The highest BCUT2D eigenvalue weighted by molar-refractivity contribution is 14.0. The number of esters is 1. The van der Waals surface area contributed by atoms with E-state index >= 15 is 0 Å². The average molecular weight is 437 g/mol. The van der Waals surface area contributed by atoms with Crippen LogP contribution in [0.3, 0.4) is 0 Å². The first kappa shape index (κ1) is 21.6. The molecule has 23 heavy (non-hydrogen) atoms. The Kier molecular flexibility index (Phi) is 9.78. The van der Waals surface area contributed by atoms with E-state index in [4.69, 9.17) is 4.74 Å². The normalized spacial score (nSPS) is 11.4. The van der Waals surface area contributed by atoms with Gasteiger partial charge >= 0.3 is 5.97 Å². The largest absolute Gasteiger partial charge is 0.459 e. The minimum Gasteiger partial charge on any atom is -0.459 e. The van der Waals surface area contributed by atoms with Crippen molar-refractivity contribution < 1.29 is 13.9 Å². The van der Waals surface area contributed by atoms with Gasteiger partial charge in [0.05, 0.1) is 6.54 Å². The highest BCUT2D eigenvalue weighted by atomic mass is 127. The van der Waals surface area contributed by atoms with Crippen LogP contribution in [0, 0.1) is 5.82 Å². The quantitative estimate of drug-likeness (QED) is 0.322. The third kappa shape index (κ3) is 9.37. The molecule has 0 saturated heterocycles. The summed E-state index contributed by atoms with van der Waals surface area (Å²) in [5.74, 6) is -0.227. The van der Waals surface area contributed by atoms with Crippen LogP contribution in [0.15, 0.2) is 29.3 Å². The van der Waals surface area contributed by atoms with Gasteiger partial charge in [-0.2, -0.15) is 0 Å². The molecular formula is C16H25FIN3O2. The Hall–Kier alpha value is -1.38. The fraction of sp³-hybridized carbons (Fsp3) is 0.500. The Labute approximate surface area is 154 Å². The molecule has 0 saturated carbocycles. The highest BCUT2D eigenvalue weighted by Crippen LogP contribution is 2.07. The number of nitrogens with one attached hydrogen (secondary N) is 2. The number of carbonyl (C=O) groups is 1. The van der Waals surface area contributed by atoms with Gasteiger partial charge in [-0.05, 0) is 33.8 Å². The van der Waals surface area contributed by atoms with E-state index < -0.39 is 5.60 Å². The maximum atomic E-state index is 13.5. The van der Waals surface area contributed by atoms with E-state index in [2.05, 4.69) is 15.6 Å². The van der Waals surface area contributed by atoms with Crippen molar-refractivity contribution in [2.24, 2.45) is 4.99 Å². The molecule has 0 spiro atoms. The van der Waals surface area contributed by atoms with Gasteiger partial charge < -0.3 is 15.4 Å². The van der Waals surface area contributed by atoms with E-state index in [0.717, 1.165) is 0 Å².